The minimum atomic E-state index is -0.238. The van der Waals surface area contributed by atoms with E-state index in [1.165, 1.54) is 12.3 Å². The first kappa shape index (κ1) is 16.5. The number of fused-ring (bicyclic) bond motifs is 1. The van der Waals surface area contributed by atoms with E-state index in [0.29, 0.717) is 6.54 Å². The Morgan fingerprint density at radius 3 is 2.75 bits per heavy atom. The minimum Gasteiger partial charge on any atom is -0.364 e. The normalized spacial score (nSPS) is 17.5. The molecule has 0 aliphatic carbocycles. The molecule has 126 valence electrons. The SMILES string of the molecule is Cc1cc(=O)c(C(=O)N2CC(N(C)C)CCc3ccccc32)c[nH]1. The molecule has 1 N–H and O–H groups in total. The summed E-state index contributed by atoms with van der Waals surface area (Å²) in [5.41, 5.74) is 2.76. The summed E-state index contributed by atoms with van der Waals surface area (Å²) in [6.07, 6.45) is 3.43. The Kier molecular flexibility index (Phi) is 4.53. The van der Waals surface area contributed by atoms with Gasteiger partial charge in [0.1, 0.15) is 5.56 Å². The summed E-state index contributed by atoms with van der Waals surface area (Å²) < 4.78 is 0. The summed E-state index contributed by atoms with van der Waals surface area (Å²) in [5.74, 6) is -0.238. The number of aryl methyl sites for hydroxylation is 2. The number of para-hydroxylation sites is 1. The van der Waals surface area contributed by atoms with Crippen LogP contribution in [-0.2, 0) is 6.42 Å². The van der Waals surface area contributed by atoms with Crippen LogP contribution in [0.3, 0.4) is 0 Å². The fourth-order valence-electron chi connectivity index (χ4n) is 3.21. The molecular formula is C19H23N3O2. The molecule has 0 radical (unpaired) electrons. The number of benzene rings is 1. The highest BCUT2D eigenvalue weighted by atomic mass is 16.2. The molecule has 5 nitrogen and oxygen atoms in total. The molecule has 1 aromatic carbocycles. The number of aromatic amines is 1. The molecule has 1 aliphatic rings. The van der Waals surface area contributed by atoms with Crippen LogP contribution in [0.25, 0.3) is 0 Å². The predicted octanol–water partition coefficient (Wildman–Crippen LogP) is 2.21. The summed E-state index contributed by atoms with van der Waals surface area (Å²) in [5, 5.41) is 0. The fourth-order valence-corrected chi connectivity index (χ4v) is 3.21. The van der Waals surface area contributed by atoms with Gasteiger partial charge in [-0.15, -0.1) is 0 Å². The maximum Gasteiger partial charge on any atom is 0.263 e. The molecule has 5 heteroatoms. The van der Waals surface area contributed by atoms with E-state index in [4.69, 9.17) is 0 Å². The highest BCUT2D eigenvalue weighted by molar-refractivity contribution is 6.06. The van der Waals surface area contributed by atoms with Gasteiger partial charge in [-0.25, -0.2) is 0 Å². The third-order valence-electron chi connectivity index (χ3n) is 4.69. The first-order valence-corrected chi connectivity index (χ1v) is 8.23. The lowest BCUT2D eigenvalue weighted by Crippen LogP contribution is -2.43. The Balaban J connectivity index is 2.05. The van der Waals surface area contributed by atoms with Crippen molar-refractivity contribution in [3.8, 4) is 0 Å². The van der Waals surface area contributed by atoms with Gasteiger partial charge in [-0.05, 0) is 45.5 Å². The van der Waals surface area contributed by atoms with Crippen molar-refractivity contribution in [2.24, 2.45) is 0 Å². The van der Waals surface area contributed by atoms with Crippen LogP contribution in [-0.4, -0.2) is 42.5 Å². The zero-order chi connectivity index (χ0) is 17.3. The summed E-state index contributed by atoms with van der Waals surface area (Å²) >= 11 is 0. The van der Waals surface area contributed by atoms with Gasteiger partial charge in [0.25, 0.3) is 5.91 Å². The van der Waals surface area contributed by atoms with E-state index in [-0.39, 0.29) is 22.9 Å². The van der Waals surface area contributed by atoms with Gasteiger partial charge in [0.05, 0.1) is 0 Å². The van der Waals surface area contributed by atoms with Gasteiger partial charge in [0.15, 0.2) is 5.43 Å². The Hall–Kier alpha value is -2.40. The van der Waals surface area contributed by atoms with Gasteiger partial charge in [-0.1, -0.05) is 18.2 Å². The molecule has 24 heavy (non-hydrogen) atoms. The van der Waals surface area contributed by atoms with Gasteiger partial charge in [0, 0.05) is 36.2 Å². The highest BCUT2D eigenvalue weighted by Crippen LogP contribution is 2.28. The van der Waals surface area contributed by atoms with Crippen molar-refractivity contribution < 1.29 is 4.79 Å². The molecule has 2 aromatic rings. The number of nitrogens with zero attached hydrogens (tertiary/aromatic N) is 2. The molecule has 0 spiro atoms. The van der Waals surface area contributed by atoms with E-state index in [9.17, 15) is 9.59 Å². The van der Waals surface area contributed by atoms with Crippen LogP contribution in [0.4, 0.5) is 5.69 Å². The lowest BCUT2D eigenvalue weighted by molar-refractivity contribution is 0.0978. The number of likely N-dealkylation sites (N-methyl/N-ethyl adjacent to an activating group) is 1. The monoisotopic (exact) mass is 325 g/mol. The van der Waals surface area contributed by atoms with Crippen molar-refractivity contribution in [2.45, 2.75) is 25.8 Å². The van der Waals surface area contributed by atoms with Crippen molar-refractivity contribution >= 4 is 11.6 Å². The van der Waals surface area contributed by atoms with Crippen LogP contribution in [0.15, 0.2) is 41.3 Å². The fraction of sp³-hybridized carbons (Fsp3) is 0.368. The number of amides is 1. The molecule has 1 amide bonds. The first-order valence-electron chi connectivity index (χ1n) is 8.23. The van der Waals surface area contributed by atoms with Crippen LogP contribution in [0.5, 0.6) is 0 Å². The van der Waals surface area contributed by atoms with E-state index in [2.05, 4.69) is 16.0 Å². The first-order chi connectivity index (χ1) is 11.5. The van der Waals surface area contributed by atoms with Gasteiger partial charge >= 0.3 is 0 Å². The summed E-state index contributed by atoms with van der Waals surface area (Å²) in [7, 11) is 4.06. The van der Waals surface area contributed by atoms with Gasteiger partial charge in [-0.3, -0.25) is 9.59 Å². The number of pyridine rings is 1. The standard InChI is InChI=1S/C19H23N3O2/c1-13-10-18(23)16(11-20-13)19(24)22-12-15(21(2)3)9-8-14-6-4-5-7-17(14)22/h4-7,10-11,15H,8-9,12H2,1-3H3,(H,20,23). The molecule has 0 saturated carbocycles. The predicted molar refractivity (Wildman–Crippen MR) is 95.7 cm³/mol. The van der Waals surface area contributed by atoms with E-state index >= 15 is 0 Å². The largest absolute Gasteiger partial charge is 0.364 e. The Bertz CT molecular complexity index is 810. The topological polar surface area (TPSA) is 56.4 Å². The molecule has 1 aliphatic heterocycles. The number of hydrogen-bond acceptors (Lipinski definition) is 3. The Morgan fingerprint density at radius 1 is 1.29 bits per heavy atom. The number of H-pyrrole nitrogens is 1. The van der Waals surface area contributed by atoms with Crippen LogP contribution in [0.1, 0.15) is 28.0 Å². The number of carbonyl (C=O) groups excluding carboxylic acids is 1. The van der Waals surface area contributed by atoms with Gasteiger partial charge in [0.2, 0.25) is 0 Å². The van der Waals surface area contributed by atoms with E-state index in [1.54, 1.807) is 11.8 Å². The van der Waals surface area contributed by atoms with Crippen molar-refractivity contribution in [2.75, 3.05) is 25.5 Å². The van der Waals surface area contributed by atoms with Crippen LogP contribution < -0.4 is 10.3 Å². The molecular weight excluding hydrogens is 302 g/mol. The molecule has 0 saturated heterocycles. The quantitative estimate of drug-likeness (QED) is 0.921. The highest BCUT2D eigenvalue weighted by Gasteiger charge is 2.28. The van der Waals surface area contributed by atoms with Crippen molar-refractivity contribution in [3.63, 3.8) is 0 Å². The second-order valence-electron chi connectivity index (χ2n) is 6.59. The molecule has 0 fully saturated rings. The molecule has 3 rings (SSSR count). The second kappa shape index (κ2) is 6.61. The average molecular weight is 325 g/mol. The molecule has 1 aromatic heterocycles. The smallest absolute Gasteiger partial charge is 0.263 e. The zero-order valence-electron chi connectivity index (χ0n) is 14.4. The third kappa shape index (κ3) is 3.12. The van der Waals surface area contributed by atoms with Crippen LogP contribution in [0.2, 0.25) is 0 Å². The lowest BCUT2D eigenvalue weighted by atomic mass is 10.1. The van der Waals surface area contributed by atoms with E-state index in [1.807, 2.05) is 32.3 Å². The molecule has 2 heterocycles. The molecule has 0 bridgehead atoms. The van der Waals surface area contributed by atoms with Crippen LogP contribution in [0, 0.1) is 6.92 Å². The van der Waals surface area contributed by atoms with Crippen molar-refractivity contribution in [1.82, 2.24) is 9.88 Å². The summed E-state index contributed by atoms with van der Waals surface area (Å²) in [4.78, 5) is 32.2. The number of aromatic nitrogens is 1. The number of anilines is 1. The van der Waals surface area contributed by atoms with E-state index in [0.717, 1.165) is 29.8 Å². The number of carbonyl (C=O) groups is 1. The molecule has 1 atom stereocenters. The van der Waals surface area contributed by atoms with Gasteiger partial charge < -0.3 is 14.8 Å². The maximum atomic E-state index is 13.1. The van der Waals surface area contributed by atoms with Crippen LogP contribution >= 0.6 is 0 Å². The third-order valence-corrected chi connectivity index (χ3v) is 4.69. The summed E-state index contributed by atoms with van der Waals surface area (Å²) in [6.45, 7) is 2.38. The van der Waals surface area contributed by atoms with Gasteiger partial charge in [-0.2, -0.15) is 0 Å². The number of rotatable bonds is 2. The zero-order valence-corrected chi connectivity index (χ0v) is 14.4. The maximum absolute atomic E-state index is 13.1. The Labute approximate surface area is 141 Å². The lowest BCUT2D eigenvalue weighted by Gasteiger charge is -2.29. The number of nitrogens with one attached hydrogen (secondary N) is 1. The van der Waals surface area contributed by atoms with Crippen molar-refractivity contribution in [1.29, 1.82) is 0 Å². The number of hydrogen-bond donors (Lipinski definition) is 1. The summed E-state index contributed by atoms with van der Waals surface area (Å²) in [6, 6.07) is 9.69. The second-order valence-corrected chi connectivity index (χ2v) is 6.59. The molecule has 1 unspecified atom stereocenters. The Morgan fingerprint density at radius 2 is 2.04 bits per heavy atom. The average Bonchev–Trinajstić information content (AvgIpc) is 2.74. The van der Waals surface area contributed by atoms with Crippen molar-refractivity contribution in [3.05, 3.63) is 63.6 Å². The van der Waals surface area contributed by atoms with E-state index < -0.39 is 0 Å². The minimum absolute atomic E-state index is 0.190.